The van der Waals surface area contributed by atoms with Crippen molar-refractivity contribution < 1.29 is 14.9 Å². The second kappa shape index (κ2) is 5.02. The van der Waals surface area contributed by atoms with E-state index in [4.69, 9.17) is 4.74 Å². The Morgan fingerprint density at radius 3 is 2.63 bits per heavy atom. The van der Waals surface area contributed by atoms with Crippen LogP contribution in [-0.4, -0.2) is 29.5 Å². The third-order valence-corrected chi connectivity index (χ3v) is 4.36. The molecule has 0 aromatic heterocycles. The standard InChI is InChI=1S/C15H23NO3/c1-9(16-12-8-13(18)15(12,2)3)14-10(17)6-5-7-11(14)19-4/h5-7,9,12-13,16-18H,8H2,1-4H3. The molecule has 1 aliphatic rings. The lowest BCUT2D eigenvalue weighted by atomic mass is 9.64. The lowest BCUT2D eigenvalue weighted by Crippen LogP contribution is -2.60. The van der Waals surface area contributed by atoms with Gasteiger partial charge in [0.05, 0.1) is 18.8 Å². The van der Waals surface area contributed by atoms with Crippen molar-refractivity contribution in [2.45, 2.75) is 45.4 Å². The van der Waals surface area contributed by atoms with Gasteiger partial charge in [0.2, 0.25) is 0 Å². The zero-order valence-corrected chi connectivity index (χ0v) is 12.0. The number of rotatable bonds is 4. The van der Waals surface area contributed by atoms with Gasteiger partial charge in [-0.3, -0.25) is 0 Å². The van der Waals surface area contributed by atoms with Gasteiger partial charge in [-0.15, -0.1) is 0 Å². The van der Waals surface area contributed by atoms with Crippen LogP contribution in [-0.2, 0) is 0 Å². The molecule has 4 heteroatoms. The van der Waals surface area contributed by atoms with Crippen LogP contribution in [0.3, 0.4) is 0 Å². The van der Waals surface area contributed by atoms with Gasteiger partial charge in [-0.2, -0.15) is 0 Å². The van der Waals surface area contributed by atoms with Crippen LogP contribution in [0.2, 0.25) is 0 Å². The van der Waals surface area contributed by atoms with Crippen molar-refractivity contribution in [2.75, 3.05) is 7.11 Å². The molecule has 1 aromatic carbocycles. The average molecular weight is 265 g/mol. The molecule has 1 aromatic rings. The molecule has 19 heavy (non-hydrogen) atoms. The Labute approximate surface area is 114 Å². The van der Waals surface area contributed by atoms with Gasteiger partial charge in [0.1, 0.15) is 11.5 Å². The second-order valence-electron chi connectivity index (χ2n) is 5.91. The number of phenols is 1. The number of aliphatic hydroxyl groups excluding tert-OH is 1. The Balaban J connectivity index is 2.15. The van der Waals surface area contributed by atoms with E-state index in [1.54, 1.807) is 19.2 Å². The molecular weight excluding hydrogens is 242 g/mol. The summed E-state index contributed by atoms with van der Waals surface area (Å²) in [6.45, 7) is 6.10. The van der Waals surface area contributed by atoms with Gasteiger partial charge in [-0.1, -0.05) is 19.9 Å². The minimum Gasteiger partial charge on any atom is -0.507 e. The molecule has 0 radical (unpaired) electrons. The molecule has 4 nitrogen and oxygen atoms in total. The van der Waals surface area contributed by atoms with E-state index in [0.29, 0.717) is 5.75 Å². The number of ether oxygens (including phenoxy) is 1. The molecule has 3 unspecified atom stereocenters. The van der Waals surface area contributed by atoms with Crippen molar-refractivity contribution in [3.8, 4) is 11.5 Å². The zero-order chi connectivity index (χ0) is 14.2. The third kappa shape index (κ3) is 2.42. The van der Waals surface area contributed by atoms with E-state index in [0.717, 1.165) is 12.0 Å². The van der Waals surface area contributed by atoms with Gasteiger partial charge < -0.3 is 20.3 Å². The van der Waals surface area contributed by atoms with Crippen LogP contribution in [0.4, 0.5) is 0 Å². The monoisotopic (exact) mass is 265 g/mol. The Morgan fingerprint density at radius 2 is 2.11 bits per heavy atom. The summed E-state index contributed by atoms with van der Waals surface area (Å²) in [5.74, 6) is 0.912. The number of hydrogen-bond donors (Lipinski definition) is 3. The smallest absolute Gasteiger partial charge is 0.127 e. The molecule has 106 valence electrons. The molecule has 0 spiro atoms. The summed E-state index contributed by atoms with van der Waals surface area (Å²) < 4.78 is 5.30. The summed E-state index contributed by atoms with van der Waals surface area (Å²) in [7, 11) is 1.60. The lowest BCUT2D eigenvalue weighted by Gasteiger charge is -2.50. The van der Waals surface area contributed by atoms with Crippen LogP contribution in [0.1, 0.15) is 38.8 Å². The third-order valence-electron chi connectivity index (χ3n) is 4.36. The Hall–Kier alpha value is -1.26. The maximum Gasteiger partial charge on any atom is 0.127 e. The highest BCUT2D eigenvalue weighted by Crippen LogP contribution is 2.42. The van der Waals surface area contributed by atoms with Crippen LogP contribution < -0.4 is 10.1 Å². The summed E-state index contributed by atoms with van der Waals surface area (Å²) in [6.07, 6.45) is 0.483. The maximum atomic E-state index is 10.0. The fourth-order valence-electron chi connectivity index (χ4n) is 2.72. The Kier molecular flexibility index (Phi) is 3.74. The first-order chi connectivity index (χ1) is 8.87. The molecule has 1 aliphatic carbocycles. The summed E-state index contributed by atoms with van der Waals surface area (Å²) in [4.78, 5) is 0. The largest absolute Gasteiger partial charge is 0.507 e. The highest BCUT2D eigenvalue weighted by Gasteiger charge is 2.47. The number of methoxy groups -OCH3 is 1. The molecule has 0 heterocycles. The van der Waals surface area contributed by atoms with E-state index in [-0.39, 0.29) is 29.4 Å². The van der Waals surface area contributed by atoms with Crippen LogP contribution in [0.25, 0.3) is 0 Å². The van der Waals surface area contributed by atoms with Gasteiger partial charge in [0.25, 0.3) is 0 Å². The van der Waals surface area contributed by atoms with E-state index >= 15 is 0 Å². The molecule has 0 bridgehead atoms. The van der Waals surface area contributed by atoms with Crippen molar-refractivity contribution in [1.82, 2.24) is 5.32 Å². The minimum absolute atomic E-state index is 0.0343. The Morgan fingerprint density at radius 1 is 1.42 bits per heavy atom. The fourth-order valence-corrected chi connectivity index (χ4v) is 2.72. The number of benzene rings is 1. The second-order valence-corrected chi connectivity index (χ2v) is 5.91. The average Bonchev–Trinajstić information content (AvgIpc) is 2.37. The van der Waals surface area contributed by atoms with Crippen LogP contribution in [0.15, 0.2) is 18.2 Å². The van der Waals surface area contributed by atoms with E-state index in [1.807, 2.05) is 26.8 Å². The van der Waals surface area contributed by atoms with Gasteiger partial charge in [0, 0.05) is 17.5 Å². The molecule has 0 saturated heterocycles. The highest BCUT2D eigenvalue weighted by atomic mass is 16.5. The zero-order valence-electron chi connectivity index (χ0n) is 12.0. The summed E-state index contributed by atoms with van der Waals surface area (Å²) in [5.41, 5.74) is 0.633. The van der Waals surface area contributed by atoms with Gasteiger partial charge >= 0.3 is 0 Å². The number of nitrogens with one attached hydrogen (secondary N) is 1. The maximum absolute atomic E-state index is 10.0. The quantitative estimate of drug-likeness (QED) is 0.781. The van der Waals surface area contributed by atoms with Crippen molar-refractivity contribution in [3.63, 3.8) is 0 Å². The van der Waals surface area contributed by atoms with E-state index in [9.17, 15) is 10.2 Å². The predicted molar refractivity (Wildman–Crippen MR) is 74.4 cm³/mol. The van der Waals surface area contributed by atoms with E-state index in [2.05, 4.69) is 5.32 Å². The minimum atomic E-state index is -0.261. The van der Waals surface area contributed by atoms with Crippen molar-refractivity contribution in [3.05, 3.63) is 23.8 Å². The fraction of sp³-hybridized carbons (Fsp3) is 0.600. The van der Waals surface area contributed by atoms with Crippen molar-refractivity contribution in [2.24, 2.45) is 5.41 Å². The normalized spacial score (nSPS) is 26.6. The summed E-state index contributed by atoms with van der Waals surface area (Å²) in [6, 6.07) is 5.47. The van der Waals surface area contributed by atoms with Crippen LogP contribution in [0.5, 0.6) is 11.5 Å². The van der Waals surface area contributed by atoms with Gasteiger partial charge in [-0.25, -0.2) is 0 Å². The van der Waals surface area contributed by atoms with Gasteiger partial charge in [-0.05, 0) is 25.5 Å². The first kappa shape index (κ1) is 14.2. The molecule has 1 fully saturated rings. The summed E-state index contributed by atoms with van der Waals surface area (Å²) in [5, 5.41) is 23.2. The first-order valence-corrected chi connectivity index (χ1v) is 6.68. The van der Waals surface area contributed by atoms with E-state index < -0.39 is 0 Å². The lowest BCUT2D eigenvalue weighted by molar-refractivity contribution is -0.0755. The number of aliphatic hydroxyl groups is 1. The van der Waals surface area contributed by atoms with Crippen molar-refractivity contribution >= 4 is 0 Å². The molecule has 0 amide bonds. The molecule has 2 rings (SSSR count). The summed E-state index contributed by atoms with van der Waals surface area (Å²) >= 11 is 0. The van der Waals surface area contributed by atoms with Crippen LogP contribution in [0, 0.1) is 5.41 Å². The highest BCUT2D eigenvalue weighted by molar-refractivity contribution is 5.46. The van der Waals surface area contributed by atoms with Crippen LogP contribution >= 0.6 is 0 Å². The number of aromatic hydroxyl groups is 1. The Bertz CT molecular complexity index is 459. The van der Waals surface area contributed by atoms with E-state index in [1.165, 1.54) is 0 Å². The molecular formula is C15H23NO3. The molecule has 3 atom stereocenters. The number of hydrogen-bond acceptors (Lipinski definition) is 4. The molecule has 0 aliphatic heterocycles. The SMILES string of the molecule is COc1cccc(O)c1C(C)NC1CC(O)C1(C)C. The van der Waals surface area contributed by atoms with Gasteiger partial charge in [0.15, 0.2) is 0 Å². The molecule has 3 N–H and O–H groups in total. The topological polar surface area (TPSA) is 61.7 Å². The van der Waals surface area contributed by atoms with Crippen molar-refractivity contribution in [1.29, 1.82) is 0 Å². The number of phenolic OH excluding ortho intramolecular Hbond substituents is 1. The first-order valence-electron chi connectivity index (χ1n) is 6.68. The molecule has 1 saturated carbocycles. The predicted octanol–water partition coefficient (Wildman–Crippen LogP) is 2.21.